The van der Waals surface area contributed by atoms with E-state index in [2.05, 4.69) is 5.32 Å². The smallest absolute Gasteiger partial charge is 0.248 e. The third kappa shape index (κ3) is 3.40. The van der Waals surface area contributed by atoms with Gasteiger partial charge in [0.2, 0.25) is 5.91 Å². The van der Waals surface area contributed by atoms with E-state index in [1.165, 1.54) is 23.8 Å². The average molecular weight is 379 g/mol. The lowest BCUT2D eigenvalue weighted by Gasteiger charge is -2.11. The van der Waals surface area contributed by atoms with E-state index in [1.54, 1.807) is 19.2 Å². The van der Waals surface area contributed by atoms with Gasteiger partial charge in [0.15, 0.2) is 0 Å². The summed E-state index contributed by atoms with van der Waals surface area (Å²) in [6.07, 6.45) is 5.73. The van der Waals surface area contributed by atoms with Crippen LogP contribution in [0.1, 0.15) is 36.7 Å². The van der Waals surface area contributed by atoms with E-state index in [9.17, 15) is 9.18 Å². The highest BCUT2D eigenvalue weighted by atomic mass is 19.1. The highest BCUT2D eigenvalue weighted by Gasteiger charge is 2.20. The Balaban J connectivity index is 1.69. The molecule has 1 aliphatic rings. The minimum Gasteiger partial charge on any atom is -0.496 e. The Morgan fingerprint density at radius 2 is 2.00 bits per heavy atom. The SMILES string of the molecule is COc1cc2oc3c(c2cc1/C(C)=C/C(=O)Nc1ccccc1F)CCCC3. The van der Waals surface area contributed by atoms with Crippen molar-refractivity contribution in [1.82, 2.24) is 0 Å². The molecule has 0 fully saturated rings. The van der Waals surface area contributed by atoms with Crippen molar-refractivity contribution in [2.45, 2.75) is 32.6 Å². The van der Waals surface area contributed by atoms with Crippen LogP contribution in [-0.4, -0.2) is 13.0 Å². The second-order valence-corrected chi connectivity index (χ2v) is 7.06. The topological polar surface area (TPSA) is 51.5 Å². The number of carbonyl (C=O) groups excluding carboxylic acids is 1. The minimum absolute atomic E-state index is 0.155. The highest BCUT2D eigenvalue weighted by molar-refractivity contribution is 6.04. The fraction of sp³-hybridized carbons (Fsp3) is 0.261. The molecule has 0 radical (unpaired) electrons. The normalized spacial score (nSPS) is 14.0. The Labute approximate surface area is 163 Å². The van der Waals surface area contributed by atoms with E-state index < -0.39 is 5.82 Å². The van der Waals surface area contributed by atoms with Gasteiger partial charge in [-0.05, 0) is 50.0 Å². The first-order chi connectivity index (χ1) is 13.6. The second-order valence-electron chi connectivity index (χ2n) is 7.06. The van der Waals surface area contributed by atoms with E-state index in [-0.39, 0.29) is 11.6 Å². The van der Waals surface area contributed by atoms with Crippen molar-refractivity contribution >= 4 is 28.1 Å². The van der Waals surface area contributed by atoms with Crippen LogP contribution >= 0.6 is 0 Å². The number of rotatable bonds is 4. The molecule has 5 heteroatoms. The fourth-order valence-electron chi connectivity index (χ4n) is 3.77. The average Bonchev–Trinajstić information content (AvgIpc) is 3.06. The van der Waals surface area contributed by atoms with E-state index in [4.69, 9.17) is 9.15 Å². The molecular weight excluding hydrogens is 357 g/mol. The second kappa shape index (κ2) is 7.50. The summed E-state index contributed by atoms with van der Waals surface area (Å²) in [5, 5.41) is 3.66. The molecule has 1 aromatic heterocycles. The third-order valence-corrected chi connectivity index (χ3v) is 5.18. The Kier molecular flexibility index (Phi) is 4.90. The van der Waals surface area contributed by atoms with Crippen molar-refractivity contribution in [3.05, 3.63) is 65.2 Å². The highest BCUT2D eigenvalue weighted by Crippen LogP contribution is 2.37. The standard InChI is InChI=1S/C23H22FNO3/c1-14(11-23(26)25-19-9-5-4-8-18(19)24)16-12-17-15-7-3-6-10-20(15)28-22(17)13-21(16)27-2/h4-5,8-9,11-13H,3,6-7,10H2,1-2H3,(H,25,26)/b14-11+. The van der Waals surface area contributed by atoms with Crippen LogP contribution in [0.15, 0.2) is 46.9 Å². The number of ether oxygens (including phenoxy) is 1. The lowest BCUT2D eigenvalue weighted by Crippen LogP contribution is -2.10. The first-order valence-corrected chi connectivity index (χ1v) is 9.43. The Morgan fingerprint density at radius 3 is 2.79 bits per heavy atom. The van der Waals surface area contributed by atoms with Gasteiger partial charge >= 0.3 is 0 Å². The Bertz CT molecular complexity index is 1080. The van der Waals surface area contributed by atoms with Crippen molar-refractivity contribution in [1.29, 1.82) is 0 Å². The van der Waals surface area contributed by atoms with Crippen molar-refractivity contribution in [3.8, 4) is 5.75 Å². The van der Waals surface area contributed by atoms with E-state index in [0.717, 1.165) is 53.5 Å². The van der Waals surface area contributed by atoms with Crippen LogP contribution in [0, 0.1) is 5.82 Å². The summed E-state index contributed by atoms with van der Waals surface area (Å²) in [6.45, 7) is 1.84. The first-order valence-electron chi connectivity index (χ1n) is 9.43. The van der Waals surface area contributed by atoms with Gasteiger partial charge in [-0.3, -0.25) is 4.79 Å². The molecular formula is C23H22FNO3. The van der Waals surface area contributed by atoms with Crippen LogP contribution in [0.3, 0.4) is 0 Å². The van der Waals surface area contributed by atoms with Crippen LogP contribution in [0.4, 0.5) is 10.1 Å². The van der Waals surface area contributed by atoms with Crippen LogP contribution in [0.25, 0.3) is 16.5 Å². The molecule has 0 saturated carbocycles. The van der Waals surface area contributed by atoms with E-state index in [1.807, 2.05) is 19.1 Å². The van der Waals surface area contributed by atoms with Gasteiger partial charge in [0, 0.05) is 35.1 Å². The van der Waals surface area contributed by atoms with Gasteiger partial charge in [0.05, 0.1) is 12.8 Å². The molecule has 2 aromatic carbocycles. The molecule has 0 spiro atoms. The number of fused-ring (bicyclic) bond motifs is 3. The Hall–Kier alpha value is -3.08. The van der Waals surface area contributed by atoms with Gasteiger partial charge in [-0.1, -0.05) is 12.1 Å². The number of carbonyl (C=O) groups is 1. The van der Waals surface area contributed by atoms with Gasteiger partial charge in [-0.2, -0.15) is 0 Å². The summed E-state index contributed by atoms with van der Waals surface area (Å²) in [5.74, 6) is 0.843. The number of furan rings is 1. The number of amides is 1. The molecule has 1 N–H and O–H groups in total. The molecule has 1 aliphatic carbocycles. The van der Waals surface area contributed by atoms with Gasteiger partial charge in [-0.25, -0.2) is 4.39 Å². The summed E-state index contributed by atoms with van der Waals surface area (Å²) in [5.41, 5.74) is 3.79. The van der Waals surface area contributed by atoms with E-state index in [0.29, 0.717) is 5.75 Å². The molecule has 144 valence electrons. The number of aryl methyl sites for hydroxylation is 2. The zero-order valence-electron chi connectivity index (χ0n) is 16.0. The maximum Gasteiger partial charge on any atom is 0.248 e. The zero-order chi connectivity index (χ0) is 19.7. The molecule has 0 bridgehead atoms. The maximum atomic E-state index is 13.8. The number of para-hydroxylation sites is 1. The predicted molar refractivity (Wildman–Crippen MR) is 108 cm³/mol. The fourth-order valence-corrected chi connectivity index (χ4v) is 3.77. The number of methoxy groups -OCH3 is 1. The van der Waals surface area contributed by atoms with Gasteiger partial charge in [-0.15, -0.1) is 0 Å². The number of halogens is 1. The van der Waals surface area contributed by atoms with Crippen LogP contribution < -0.4 is 10.1 Å². The summed E-state index contributed by atoms with van der Waals surface area (Å²) in [6, 6.07) is 10.0. The molecule has 0 aliphatic heterocycles. The van der Waals surface area contributed by atoms with Crippen molar-refractivity contribution in [3.63, 3.8) is 0 Å². The number of hydrogen-bond acceptors (Lipinski definition) is 3. The maximum absolute atomic E-state index is 13.8. The van der Waals surface area contributed by atoms with Crippen molar-refractivity contribution in [2.24, 2.45) is 0 Å². The number of anilines is 1. The summed E-state index contributed by atoms with van der Waals surface area (Å²) < 4.78 is 25.3. The monoisotopic (exact) mass is 379 g/mol. The molecule has 3 aromatic rings. The molecule has 4 rings (SSSR count). The van der Waals surface area contributed by atoms with E-state index >= 15 is 0 Å². The van der Waals surface area contributed by atoms with Crippen molar-refractivity contribution < 1.29 is 18.3 Å². The number of allylic oxidation sites excluding steroid dienone is 1. The van der Waals surface area contributed by atoms with Crippen LogP contribution in [0.5, 0.6) is 5.75 Å². The number of benzene rings is 2. The molecule has 0 atom stereocenters. The number of nitrogens with one attached hydrogen (secondary N) is 1. The van der Waals surface area contributed by atoms with Crippen molar-refractivity contribution in [2.75, 3.05) is 12.4 Å². The molecule has 4 nitrogen and oxygen atoms in total. The molecule has 0 unspecified atom stereocenters. The van der Waals surface area contributed by atoms with Gasteiger partial charge in [0.25, 0.3) is 0 Å². The van der Waals surface area contributed by atoms with Crippen LogP contribution in [0.2, 0.25) is 0 Å². The largest absolute Gasteiger partial charge is 0.496 e. The minimum atomic E-state index is -0.467. The van der Waals surface area contributed by atoms with Gasteiger partial charge < -0.3 is 14.5 Å². The number of hydrogen-bond donors (Lipinski definition) is 1. The molecule has 28 heavy (non-hydrogen) atoms. The summed E-state index contributed by atoms with van der Waals surface area (Å²) in [4.78, 5) is 12.4. The summed E-state index contributed by atoms with van der Waals surface area (Å²) >= 11 is 0. The lowest BCUT2D eigenvalue weighted by molar-refractivity contribution is -0.111. The third-order valence-electron chi connectivity index (χ3n) is 5.18. The van der Waals surface area contributed by atoms with Crippen LogP contribution in [-0.2, 0) is 17.6 Å². The Morgan fingerprint density at radius 1 is 1.21 bits per heavy atom. The first kappa shape index (κ1) is 18.3. The summed E-state index contributed by atoms with van der Waals surface area (Å²) in [7, 11) is 1.60. The molecule has 1 amide bonds. The quantitative estimate of drug-likeness (QED) is 0.609. The van der Waals surface area contributed by atoms with Gasteiger partial charge in [0.1, 0.15) is 22.9 Å². The lowest BCUT2D eigenvalue weighted by atomic mass is 9.94. The predicted octanol–water partition coefficient (Wildman–Crippen LogP) is 5.50. The molecule has 1 heterocycles. The molecule has 0 saturated heterocycles. The zero-order valence-corrected chi connectivity index (χ0v) is 16.0.